The number of thiocarbonyl (C=S) groups is 1. The van der Waals surface area contributed by atoms with Gasteiger partial charge in [0.05, 0.1) is 17.3 Å². The maximum atomic E-state index is 6.23. The molecule has 0 aliphatic rings. The van der Waals surface area contributed by atoms with Crippen LogP contribution >= 0.6 is 35.2 Å². The van der Waals surface area contributed by atoms with Gasteiger partial charge in [0.2, 0.25) is 0 Å². The van der Waals surface area contributed by atoms with Gasteiger partial charge in [-0.3, -0.25) is 0 Å². The monoisotopic (exact) mass is 310 g/mol. The summed E-state index contributed by atoms with van der Waals surface area (Å²) >= 11 is 13.2. The average Bonchev–Trinajstić information content (AvgIpc) is 2.84. The van der Waals surface area contributed by atoms with Gasteiger partial charge in [0.1, 0.15) is 0 Å². The van der Waals surface area contributed by atoms with Crippen LogP contribution in [0.5, 0.6) is 0 Å². The second-order valence-electron chi connectivity index (χ2n) is 4.33. The highest BCUT2D eigenvalue weighted by atomic mass is 35.5. The molecular weight excluding hydrogens is 296 g/mol. The van der Waals surface area contributed by atoms with E-state index in [1.807, 2.05) is 26.0 Å². The van der Waals surface area contributed by atoms with Crippen molar-refractivity contribution in [2.24, 2.45) is 0 Å². The molecule has 2 aromatic rings. The van der Waals surface area contributed by atoms with Crippen molar-refractivity contribution in [1.29, 1.82) is 0 Å². The molecule has 2 nitrogen and oxygen atoms in total. The van der Waals surface area contributed by atoms with Crippen molar-refractivity contribution in [2.45, 2.75) is 20.4 Å². The van der Waals surface area contributed by atoms with Crippen LogP contribution in [0.4, 0.5) is 5.69 Å². The van der Waals surface area contributed by atoms with Gasteiger partial charge in [-0.05, 0) is 54.7 Å². The Morgan fingerprint density at radius 1 is 1.37 bits per heavy atom. The first-order valence-corrected chi connectivity index (χ1v) is 7.57. The number of hydrogen-bond donors (Lipinski definition) is 2. The molecular formula is C14H15ClN2S2. The SMILES string of the molecule is Cc1cc(C)c(NC(=S)NCc2cccs2)c(Cl)c1. The highest BCUT2D eigenvalue weighted by Crippen LogP contribution is 2.27. The number of aryl methyl sites for hydroxylation is 2. The quantitative estimate of drug-likeness (QED) is 0.816. The number of halogens is 1. The largest absolute Gasteiger partial charge is 0.358 e. The second-order valence-corrected chi connectivity index (χ2v) is 6.17. The maximum absolute atomic E-state index is 6.23. The maximum Gasteiger partial charge on any atom is 0.171 e. The minimum Gasteiger partial charge on any atom is -0.358 e. The van der Waals surface area contributed by atoms with Gasteiger partial charge < -0.3 is 10.6 Å². The first kappa shape index (κ1) is 14.3. The van der Waals surface area contributed by atoms with Gasteiger partial charge in [0.15, 0.2) is 5.11 Å². The summed E-state index contributed by atoms with van der Waals surface area (Å²) in [4.78, 5) is 1.25. The van der Waals surface area contributed by atoms with Crippen molar-refractivity contribution in [1.82, 2.24) is 5.32 Å². The number of anilines is 1. The van der Waals surface area contributed by atoms with E-state index >= 15 is 0 Å². The summed E-state index contributed by atoms with van der Waals surface area (Å²) in [5, 5.41) is 9.66. The zero-order valence-electron chi connectivity index (χ0n) is 10.8. The van der Waals surface area contributed by atoms with E-state index in [1.165, 1.54) is 4.88 Å². The predicted octanol–water partition coefficient (Wildman–Crippen LogP) is 4.50. The fourth-order valence-electron chi connectivity index (χ4n) is 1.81. The summed E-state index contributed by atoms with van der Waals surface area (Å²) in [5.74, 6) is 0. The number of rotatable bonds is 3. The van der Waals surface area contributed by atoms with Crippen LogP contribution in [-0.4, -0.2) is 5.11 Å². The van der Waals surface area contributed by atoms with Crippen LogP contribution in [0.3, 0.4) is 0 Å². The molecule has 2 rings (SSSR count). The van der Waals surface area contributed by atoms with E-state index in [9.17, 15) is 0 Å². The lowest BCUT2D eigenvalue weighted by atomic mass is 10.1. The Morgan fingerprint density at radius 2 is 2.16 bits per heavy atom. The standard InChI is InChI=1S/C14H15ClN2S2/c1-9-6-10(2)13(12(15)7-9)17-14(18)16-8-11-4-3-5-19-11/h3-7H,8H2,1-2H3,(H2,16,17,18). The smallest absolute Gasteiger partial charge is 0.171 e. The van der Waals surface area contributed by atoms with E-state index in [-0.39, 0.29) is 0 Å². The van der Waals surface area contributed by atoms with Gasteiger partial charge in [0, 0.05) is 4.88 Å². The molecule has 0 bridgehead atoms. The van der Waals surface area contributed by atoms with Crippen molar-refractivity contribution in [3.05, 3.63) is 50.7 Å². The Kier molecular flexibility index (Phi) is 4.80. The molecule has 5 heteroatoms. The zero-order chi connectivity index (χ0) is 13.8. The van der Waals surface area contributed by atoms with Gasteiger partial charge in [-0.15, -0.1) is 11.3 Å². The Morgan fingerprint density at radius 3 is 2.79 bits per heavy atom. The molecule has 0 saturated heterocycles. The Bertz CT molecular complexity index is 556. The van der Waals surface area contributed by atoms with E-state index in [2.05, 4.69) is 28.1 Å². The summed E-state index contributed by atoms with van der Waals surface area (Å²) in [5.41, 5.74) is 3.10. The Labute approximate surface area is 127 Å². The first-order valence-electron chi connectivity index (χ1n) is 5.90. The molecule has 0 saturated carbocycles. The topological polar surface area (TPSA) is 24.1 Å². The van der Waals surface area contributed by atoms with Gasteiger partial charge in [-0.2, -0.15) is 0 Å². The molecule has 0 atom stereocenters. The molecule has 2 N–H and O–H groups in total. The average molecular weight is 311 g/mol. The molecule has 0 aliphatic carbocycles. The molecule has 1 heterocycles. The van der Waals surface area contributed by atoms with Crippen LogP contribution in [0.25, 0.3) is 0 Å². The van der Waals surface area contributed by atoms with E-state index in [1.54, 1.807) is 11.3 Å². The lowest BCUT2D eigenvalue weighted by Gasteiger charge is -2.14. The highest BCUT2D eigenvalue weighted by Gasteiger charge is 2.07. The molecule has 0 spiro atoms. The van der Waals surface area contributed by atoms with Crippen LogP contribution in [0.2, 0.25) is 5.02 Å². The second kappa shape index (κ2) is 6.37. The fourth-order valence-corrected chi connectivity index (χ4v) is 3.00. The zero-order valence-corrected chi connectivity index (χ0v) is 13.2. The normalized spacial score (nSPS) is 10.3. The predicted molar refractivity (Wildman–Crippen MR) is 88.3 cm³/mol. The highest BCUT2D eigenvalue weighted by molar-refractivity contribution is 7.80. The fraction of sp³-hybridized carbons (Fsp3) is 0.214. The van der Waals surface area contributed by atoms with Crippen LogP contribution in [0, 0.1) is 13.8 Å². The molecule has 1 aromatic carbocycles. The van der Waals surface area contributed by atoms with E-state index < -0.39 is 0 Å². The molecule has 0 fully saturated rings. The van der Waals surface area contributed by atoms with Gasteiger partial charge >= 0.3 is 0 Å². The van der Waals surface area contributed by atoms with Gasteiger partial charge in [0.25, 0.3) is 0 Å². The van der Waals surface area contributed by atoms with Crippen LogP contribution in [-0.2, 0) is 6.54 Å². The number of benzene rings is 1. The van der Waals surface area contributed by atoms with E-state index in [0.29, 0.717) is 10.1 Å². The van der Waals surface area contributed by atoms with Crippen molar-refractivity contribution < 1.29 is 0 Å². The van der Waals surface area contributed by atoms with Crippen molar-refractivity contribution in [2.75, 3.05) is 5.32 Å². The van der Waals surface area contributed by atoms with Crippen LogP contribution in [0.1, 0.15) is 16.0 Å². The molecule has 0 amide bonds. The lowest BCUT2D eigenvalue weighted by Crippen LogP contribution is -2.28. The molecule has 19 heavy (non-hydrogen) atoms. The molecule has 0 unspecified atom stereocenters. The van der Waals surface area contributed by atoms with Crippen LogP contribution < -0.4 is 10.6 Å². The third kappa shape index (κ3) is 3.93. The van der Waals surface area contributed by atoms with E-state index in [4.69, 9.17) is 23.8 Å². The lowest BCUT2D eigenvalue weighted by molar-refractivity contribution is 0.946. The first-order chi connectivity index (χ1) is 9.06. The number of hydrogen-bond acceptors (Lipinski definition) is 2. The Hall–Kier alpha value is -1.10. The number of nitrogens with one attached hydrogen (secondary N) is 2. The van der Waals surface area contributed by atoms with E-state index in [0.717, 1.165) is 23.4 Å². The molecule has 0 radical (unpaired) electrons. The van der Waals surface area contributed by atoms with Gasteiger partial charge in [-0.25, -0.2) is 0 Å². The summed E-state index contributed by atoms with van der Waals surface area (Å²) in [6.45, 7) is 4.77. The van der Waals surface area contributed by atoms with Gasteiger partial charge in [-0.1, -0.05) is 23.7 Å². The summed E-state index contributed by atoms with van der Waals surface area (Å²) in [7, 11) is 0. The van der Waals surface area contributed by atoms with Crippen LogP contribution in [0.15, 0.2) is 29.6 Å². The van der Waals surface area contributed by atoms with Crippen molar-refractivity contribution in [3.8, 4) is 0 Å². The van der Waals surface area contributed by atoms with Crippen molar-refractivity contribution >= 4 is 46.0 Å². The third-order valence-corrected chi connectivity index (χ3v) is 4.09. The summed E-state index contributed by atoms with van der Waals surface area (Å²) in [6, 6.07) is 8.11. The number of thiophene rings is 1. The Balaban J connectivity index is 1.99. The summed E-state index contributed by atoms with van der Waals surface area (Å²) in [6.07, 6.45) is 0. The summed E-state index contributed by atoms with van der Waals surface area (Å²) < 4.78 is 0. The minimum atomic E-state index is 0.585. The molecule has 100 valence electrons. The minimum absolute atomic E-state index is 0.585. The molecule has 0 aliphatic heterocycles. The molecule has 1 aromatic heterocycles. The third-order valence-electron chi connectivity index (χ3n) is 2.67. The van der Waals surface area contributed by atoms with Crippen molar-refractivity contribution in [3.63, 3.8) is 0 Å².